The number of amides is 1. The zero-order chi connectivity index (χ0) is 14.8. The van der Waals surface area contributed by atoms with Crippen LogP contribution >= 0.6 is 0 Å². The predicted octanol–water partition coefficient (Wildman–Crippen LogP) is 2.87. The van der Waals surface area contributed by atoms with Gasteiger partial charge in [-0.05, 0) is 39.0 Å². The molecule has 0 spiro atoms. The summed E-state index contributed by atoms with van der Waals surface area (Å²) < 4.78 is 37.6. The van der Waals surface area contributed by atoms with Crippen molar-refractivity contribution in [2.24, 2.45) is 0 Å². The Labute approximate surface area is 109 Å². The molecule has 1 aromatic carbocycles. The van der Waals surface area contributed by atoms with E-state index in [1.54, 1.807) is 20.8 Å². The van der Waals surface area contributed by atoms with E-state index in [0.29, 0.717) is 0 Å². The quantitative estimate of drug-likeness (QED) is 0.872. The molecule has 0 aliphatic carbocycles. The molecule has 19 heavy (non-hydrogen) atoms. The normalized spacial score (nSPS) is 12.3. The van der Waals surface area contributed by atoms with Crippen LogP contribution < -0.4 is 5.32 Å². The molecule has 0 saturated heterocycles. The van der Waals surface area contributed by atoms with Crippen LogP contribution in [0.25, 0.3) is 0 Å². The van der Waals surface area contributed by atoms with Gasteiger partial charge in [0.25, 0.3) is 0 Å². The monoisotopic (exact) mass is 275 g/mol. The average molecular weight is 275 g/mol. The van der Waals surface area contributed by atoms with E-state index in [2.05, 4.69) is 5.32 Å². The van der Waals surface area contributed by atoms with Crippen molar-refractivity contribution < 1.29 is 23.1 Å². The number of hydrogen-bond donors (Lipinski definition) is 2. The highest BCUT2D eigenvalue weighted by Gasteiger charge is 2.31. The largest absolute Gasteiger partial charge is 0.508 e. The van der Waals surface area contributed by atoms with Crippen molar-refractivity contribution in [1.82, 2.24) is 5.32 Å². The number of carbonyl (C=O) groups is 1. The van der Waals surface area contributed by atoms with Crippen LogP contribution in [-0.2, 0) is 17.4 Å². The topological polar surface area (TPSA) is 49.3 Å². The molecule has 6 heteroatoms. The zero-order valence-electron chi connectivity index (χ0n) is 10.9. The maximum Gasteiger partial charge on any atom is 0.416 e. The fourth-order valence-electron chi connectivity index (χ4n) is 1.54. The molecule has 0 unspecified atom stereocenters. The number of aromatic hydroxyl groups is 1. The van der Waals surface area contributed by atoms with Gasteiger partial charge < -0.3 is 10.4 Å². The average Bonchev–Trinajstić information content (AvgIpc) is 2.16. The lowest BCUT2D eigenvalue weighted by Crippen LogP contribution is -2.41. The Kier molecular flexibility index (Phi) is 4.12. The van der Waals surface area contributed by atoms with Crippen LogP contribution in [0.5, 0.6) is 5.75 Å². The van der Waals surface area contributed by atoms with Gasteiger partial charge in [-0.2, -0.15) is 13.2 Å². The Morgan fingerprint density at radius 3 is 2.32 bits per heavy atom. The zero-order valence-corrected chi connectivity index (χ0v) is 10.9. The molecule has 1 aromatic rings. The van der Waals surface area contributed by atoms with Crippen LogP contribution in [0.15, 0.2) is 18.2 Å². The molecule has 0 aliphatic rings. The smallest absolute Gasteiger partial charge is 0.416 e. The minimum atomic E-state index is -4.50. The molecule has 106 valence electrons. The van der Waals surface area contributed by atoms with Crippen LogP contribution in [0.2, 0.25) is 0 Å². The van der Waals surface area contributed by atoms with Crippen molar-refractivity contribution in [3.63, 3.8) is 0 Å². The first kappa shape index (κ1) is 15.3. The van der Waals surface area contributed by atoms with Crippen molar-refractivity contribution in [3.05, 3.63) is 29.3 Å². The molecule has 1 rings (SSSR count). The third-order valence-corrected chi connectivity index (χ3v) is 2.27. The molecule has 2 N–H and O–H groups in total. The molecule has 0 bridgehead atoms. The van der Waals surface area contributed by atoms with E-state index >= 15 is 0 Å². The molecular formula is C13H16F3NO2. The van der Waals surface area contributed by atoms with Gasteiger partial charge in [-0.25, -0.2) is 0 Å². The van der Waals surface area contributed by atoms with Crippen molar-refractivity contribution >= 4 is 5.91 Å². The summed E-state index contributed by atoms with van der Waals surface area (Å²) in [4.78, 5) is 11.6. The maximum absolute atomic E-state index is 12.5. The molecule has 0 fully saturated rings. The lowest BCUT2D eigenvalue weighted by Gasteiger charge is -2.20. The van der Waals surface area contributed by atoms with E-state index in [1.165, 1.54) is 0 Å². The Hall–Kier alpha value is -1.72. The second-order valence-corrected chi connectivity index (χ2v) is 5.32. The SMILES string of the molecule is CC(C)(C)NC(=O)Cc1cc(C(F)(F)F)ccc1O. The standard InChI is InChI=1S/C13H16F3NO2/c1-12(2,3)17-11(19)7-8-6-9(13(14,15)16)4-5-10(8)18/h4-6,18H,7H2,1-3H3,(H,17,19). The first-order valence-corrected chi connectivity index (χ1v) is 5.69. The highest BCUT2D eigenvalue weighted by atomic mass is 19.4. The molecule has 3 nitrogen and oxygen atoms in total. The van der Waals surface area contributed by atoms with E-state index in [1.807, 2.05) is 0 Å². The van der Waals surface area contributed by atoms with Crippen molar-refractivity contribution in [2.75, 3.05) is 0 Å². The molecular weight excluding hydrogens is 259 g/mol. The number of carbonyl (C=O) groups excluding carboxylic acids is 1. The van der Waals surface area contributed by atoms with Gasteiger partial charge in [-0.1, -0.05) is 0 Å². The van der Waals surface area contributed by atoms with E-state index in [0.717, 1.165) is 18.2 Å². The van der Waals surface area contributed by atoms with Gasteiger partial charge in [0.15, 0.2) is 0 Å². The number of hydrogen-bond acceptors (Lipinski definition) is 2. The highest BCUT2D eigenvalue weighted by Crippen LogP contribution is 2.32. The van der Waals surface area contributed by atoms with Crippen LogP contribution in [0, 0.1) is 0 Å². The summed E-state index contributed by atoms with van der Waals surface area (Å²) in [5.41, 5.74) is -1.41. The van der Waals surface area contributed by atoms with E-state index in [4.69, 9.17) is 0 Å². The number of nitrogens with one attached hydrogen (secondary N) is 1. The number of alkyl halides is 3. The number of halogens is 3. The summed E-state index contributed by atoms with van der Waals surface area (Å²) in [5, 5.41) is 12.1. The molecule has 0 aliphatic heterocycles. The fraction of sp³-hybridized carbons (Fsp3) is 0.462. The Morgan fingerprint density at radius 2 is 1.84 bits per heavy atom. The van der Waals surface area contributed by atoms with Crippen LogP contribution in [0.3, 0.4) is 0 Å². The molecule has 0 atom stereocenters. The highest BCUT2D eigenvalue weighted by molar-refractivity contribution is 5.80. The lowest BCUT2D eigenvalue weighted by atomic mass is 10.0. The van der Waals surface area contributed by atoms with E-state index in [-0.39, 0.29) is 17.7 Å². The van der Waals surface area contributed by atoms with Gasteiger partial charge in [0.1, 0.15) is 5.75 Å². The Balaban J connectivity index is 2.92. The number of benzene rings is 1. The second-order valence-electron chi connectivity index (χ2n) is 5.32. The van der Waals surface area contributed by atoms with Gasteiger partial charge in [0.05, 0.1) is 12.0 Å². The summed E-state index contributed by atoms with van der Waals surface area (Å²) in [6.45, 7) is 5.28. The third kappa shape index (κ3) is 4.81. The van der Waals surface area contributed by atoms with Crippen molar-refractivity contribution in [3.8, 4) is 5.75 Å². The summed E-state index contributed by atoms with van der Waals surface area (Å²) in [6, 6.07) is 2.51. The molecule has 0 heterocycles. The number of phenols is 1. The van der Waals surface area contributed by atoms with Gasteiger partial charge >= 0.3 is 6.18 Å². The lowest BCUT2D eigenvalue weighted by molar-refractivity contribution is -0.137. The summed E-state index contributed by atoms with van der Waals surface area (Å²) in [6.07, 6.45) is -4.80. The van der Waals surface area contributed by atoms with Crippen LogP contribution in [0.4, 0.5) is 13.2 Å². The van der Waals surface area contributed by atoms with Gasteiger partial charge in [-0.3, -0.25) is 4.79 Å². The van der Waals surface area contributed by atoms with Crippen molar-refractivity contribution in [2.45, 2.75) is 38.9 Å². The number of rotatable bonds is 2. The first-order chi connectivity index (χ1) is 8.49. The third-order valence-electron chi connectivity index (χ3n) is 2.27. The van der Waals surface area contributed by atoms with Gasteiger partial charge in [0.2, 0.25) is 5.91 Å². The summed E-state index contributed by atoms with van der Waals surface area (Å²) in [5.74, 6) is -0.765. The molecule has 0 saturated carbocycles. The minimum Gasteiger partial charge on any atom is -0.508 e. The summed E-state index contributed by atoms with van der Waals surface area (Å²) >= 11 is 0. The maximum atomic E-state index is 12.5. The van der Waals surface area contributed by atoms with E-state index in [9.17, 15) is 23.1 Å². The minimum absolute atomic E-state index is 0.0448. The summed E-state index contributed by atoms with van der Waals surface area (Å²) in [7, 11) is 0. The first-order valence-electron chi connectivity index (χ1n) is 5.69. The molecule has 0 radical (unpaired) electrons. The van der Waals surface area contributed by atoms with E-state index < -0.39 is 23.2 Å². The predicted molar refractivity (Wildman–Crippen MR) is 64.7 cm³/mol. The molecule has 0 aromatic heterocycles. The Morgan fingerprint density at radius 1 is 1.26 bits per heavy atom. The van der Waals surface area contributed by atoms with Crippen LogP contribution in [-0.4, -0.2) is 16.6 Å². The Bertz CT molecular complexity index is 476. The van der Waals surface area contributed by atoms with Gasteiger partial charge in [-0.15, -0.1) is 0 Å². The fourth-order valence-corrected chi connectivity index (χ4v) is 1.54. The second kappa shape index (κ2) is 5.11. The van der Waals surface area contributed by atoms with Crippen molar-refractivity contribution in [1.29, 1.82) is 0 Å². The van der Waals surface area contributed by atoms with Gasteiger partial charge in [0, 0.05) is 11.1 Å². The van der Waals surface area contributed by atoms with Crippen LogP contribution in [0.1, 0.15) is 31.9 Å². The molecule has 1 amide bonds. The number of phenolic OH excluding ortho intramolecular Hbond substituents is 1.